The molecular weight excluding hydrogens is 272 g/mol. The molecule has 0 aliphatic heterocycles. The Kier molecular flexibility index (Phi) is 5.02. The number of carbonyl (C=O) groups is 1. The monoisotopic (exact) mass is 290 g/mol. The molecular formula is C14H18N4O3. The van der Waals surface area contributed by atoms with E-state index in [4.69, 9.17) is 9.47 Å². The maximum atomic E-state index is 12.2. The quantitative estimate of drug-likeness (QED) is 0.801. The minimum Gasteiger partial charge on any atom is -0.354 e. The first kappa shape index (κ1) is 15.1. The highest BCUT2D eigenvalue weighted by atomic mass is 16.7. The Morgan fingerprint density at radius 2 is 2.14 bits per heavy atom. The summed E-state index contributed by atoms with van der Waals surface area (Å²) in [5, 5.41) is 6.95. The van der Waals surface area contributed by atoms with E-state index in [2.05, 4.69) is 15.4 Å². The van der Waals surface area contributed by atoms with Gasteiger partial charge in [0.1, 0.15) is 0 Å². The number of methoxy groups -OCH3 is 2. The van der Waals surface area contributed by atoms with Gasteiger partial charge < -0.3 is 14.8 Å². The number of rotatable bonds is 6. The van der Waals surface area contributed by atoms with Crippen molar-refractivity contribution < 1.29 is 14.3 Å². The van der Waals surface area contributed by atoms with Crippen molar-refractivity contribution in [2.24, 2.45) is 0 Å². The second kappa shape index (κ2) is 6.96. The van der Waals surface area contributed by atoms with Gasteiger partial charge in [-0.25, -0.2) is 9.67 Å². The summed E-state index contributed by atoms with van der Waals surface area (Å²) in [5.74, 6) is 0.439. The molecule has 2 rings (SSSR count). The molecule has 0 radical (unpaired) electrons. The van der Waals surface area contributed by atoms with Gasteiger partial charge in [0.15, 0.2) is 12.1 Å². The molecule has 1 N–H and O–H groups in total. The van der Waals surface area contributed by atoms with Crippen LogP contribution in [-0.4, -0.2) is 47.7 Å². The average Bonchev–Trinajstić information content (AvgIpc) is 2.90. The molecule has 7 heteroatoms. The third-order valence-corrected chi connectivity index (χ3v) is 3.08. The molecule has 0 bridgehead atoms. The average molecular weight is 290 g/mol. The lowest BCUT2D eigenvalue weighted by Gasteiger charge is -2.13. The van der Waals surface area contributed by atoms with Gasteiger partial charge in [0, 0.05) is 20.4 Å². The first-order valence-corrected chi connectivity index (χ1v) is 6.47. The number of hydrogen-bond donors (Lipinski definition) is 1. The normalized spacial score (nSPS) is 10.9. The molecule has 0 spiro atoms. The van der Waals surface area contributed by atoms with E-state index in [0.717, 1.165) is 5.69 Å². The molecule has 0 aliphatic carbocycles. The fraction of sp³-hybridized carbons (Fsp3) is 0.357. The number of nitrogens with zero attached hydrogens (tertiary/aromatic N) is 3. The van der Waals surface area contributed by atoms with Crippen LogP contribution in [0.4, 0.5) is 0 Å². The predicted octanol–water partition coefficient (Wildman–Crippen LogP) is 0.924. The Morgan fingerprint density at radius 3 is 2.76 bits per heavy atom. The van der Waals surface area contributed by atoms with Gasteiger partial charge in [-0.2, -0.15) is 5.10 Å². The zero-order valence-corrected chi connectivity index (χ0v) is 12.2. The number of nitrogens with one attached hydrogen (secondary N) is 1. The van der Waals surface area contributed by atoms with Gasteiger partial charge in [0.25, 0.3) is 5.91 Å². The highest BCUT2D eigenvalue weighted by molar-refractivity contribution is 5.95. The molecule has 0 atom stereocenters. The fourth-order valence-corrected chi connectivity index (χ4v) is 1.88. The molecule has 0 aromatic carbocycles. The molecule has 2 aromatic heterocycles. The van der Waals surface area contributed by atoms with E-state index in [0.29, 0.717) is 11.4 Å². The fourth-order valence-electron chi connectivity index (χ4n) is 1.88. The standard InChI is InChI=1S/C14H18N4O3/c1-10-11(14(19)16-9-13(20-2)21-3)8-17-18(10)12-6-4-5-7-15-12/h4-8,13H,9H2,1-3H3,(H,16,19). The van der Waals surface area contributed by atoms with Crippen molar-refractivity contribution in [3.05, 3.63) is 41.9 Å². The van der Waals surface area contributed by atoms with E-state index in [1.807, 2.05) is 25.1 Å². The third-order valence-electron chi connectivity index (χ3n) is 3.08. The Labute approximate surface area is 122 Å². The van der Waals surface area contributed by atoms with Crippen molar-refractivity contribution in [2.75, 3.05) is 20.8 Å². The van der Waals surface area contributed by atoms with Crippen LogP contribution in [0, 0.1) is 6.92 Å². The van der Waals surface area contributed by atoms with Gasteiger partial charge in [0.05, 0.1) is 24.0 Å². The molecule has 0 unspecified atom stereocenters. The number of amides is 1. The van der Waals surface area contributed by atoms with Gasteiger partial charge >= 0.3 is 0 Å². The van der Waals surface area contributed by atoms with Crippen molar-refractivity contribution in [3.63, 3.8) is 0 Å². The second-order valence-corrected chi connectivity index (χ2v) is 4.35. The Hall–Kier alpha value is -2.25. The van der Waals surface area contributed by atoms with Gasteiger partial charge in [-0.3, -0.25) is 4.79 Å². The summed E-state index contributed by atoms with van der Waals surface area (Å²) >= 11 is 0. The smallest absolute Gasteiger partial charge is 0.254 e. The topological polar surface area (TPSA) is 78.3 Å². The van der Waals surface area contributed by atoms with Gasteiger partial charge in [-0.15, -0.1) is 0 Å². The van der Waals surface area contributed by atoms with Crippen LogP contribution in [0.25, 0.3) is 5.82 Å². The summed E-state index contributed by atoms with van der Waals surface area (Å²) in [6.45, 7) is 2.08. The summed E-state index contributed by atoms with van der Waals surface area (Å²) in [4.78, 5) is 16.4. The van der Waals surface area contributed by atoms with E-state index in [-0.39, 0.29) is 12.5 Å². The summed E-state index contributed by atoms with van der Waals surface area (Å²) in [5.41, 5.74) is 1.21. The lowest BCUT2D eigenvalue weighted by molar-refractivity contribution is -0.0974. The van der Waals surface area contributed by atoms with E-state index in [1.54, 1.807) is 10.9 Å². The summed E-state index contributed by atoms with van der Waals surface area (Å²) in [7, 11) is 3.04. The van der Waals surface area contributed by atoms with Crippen LogP contribution >= 0.6 is 0 Å². The number of pyridine rings is 1. The van der Waals surface area contributed by atoms with Crippen LogP contribution < -0.4 is 5.32 Å². The minimum atomic E-state index is -0.472. The van der Waals surface area contributed by atoms with Crippen LogP contribution in [0.3, 0.4) is 0 Å². The summed E-state index contributed by atoms with van der Waals surface area (Å²) in [6, 6.07) is 5.52. The maximum absolute atomic E-state index is 12.2. The lowest BCUT2D eigenvalue weighted by Crippen LogP contribution is -2.34. The van der Waals surface area contributed by atoms with Gasteiger partial charge in [0.2, 0.25) is 0 Å². The van der Waals surface area contributed by atoms with Crippen LogP contribution in [0.2, 0.25) is 0 Å². The molecule has 0 fully saturated rings. The largest absolute Gasteiger partial charge is 0.354 e. The van der Waals surface area contributed by atoms with E-state index in [9.17, 15) is 4.79 Å². The third kappa shape index (κ3) is 3.45. The molecule has 2 heterocycles. The van der Waals surface area contributed by atoms with Crippen molar-refractivity contribution >= 4 is 5.91 Å². The van der Waals surface area contributed by atoms with E-state index in [1.165, 1.54) is 20.4 Å². The molecule has 21 heavy (non-hydrogen) atoms. The Bertz CT molecular complexity index is 594. The molecule has 2 aromatic rings. The van der Waals surface area contributed by atoms with Crippen molar-refractivity contribution in [1.29, 1.82) is 0 Å². The van der Waals surface area contributed by atoms with Crippen molar-refractivity contribution in [1.82, 2.24) is 20.1 Å². The Morgan fingerprint density at radius 1 is 1.38 bits per heavy atom. The van der Waals surface area contributed by atoms with E-state index >= 15 is 0 Å². The first-order valence-electron chi connectivity index (χ1n) is 6.47. The minimum absolute atomic E-state index is 0.228. The molecule has 0 saturated carbocycles. The zero-order chi connectivity index (χ0) is 15.2. The van der Waals surface area contributed by atoms with Gasteiger partial charge in [-0.05, 0) is 19.1 Å². The molecule has 0 aliphatic rings. The van der Waals surface area contributed by atoms with Crippen molar-refractivity contribution in [2.45, 2.75) is 13.2 Å². The number of carbonyl (C=O) groups excluding carboxylic acids is 1. The maximum Gasteiger partial charge on any atom is 0.254 e. The number of ether oxygens (including phenoxy) is 2. The SMILES string of the molecule is COC(CNC(=O)c1cnn(-c2ccccn2)c1C)OC. The zero-order valence-electron chi connectivity index (χ0n) is 12.2. The van der Waals surface area contributed by atoms with Gasteiger partial charge in [-0.1, -0.05) is 6.07 Å². The highest BCUT2D eigenvalue weighted by Crippen LogP contribution is 2.11. The summed E-state index contributed by atoms with van der Waals surface area (Å²) in [6.07, 6.45) is 2.73. The van der Waals surface area contributed by atoms with Crippen LogP contribution in [-0.2, 0) is 9.47 Å². The first-order chi connectivity index (χ1) is 10.2. The summed E-state index contributed by atoms with van der Waals surface area (Å²) < 4.78 is 11.7. The number of aromatic nitrogens is 3. The molecule has 7 nitrogen and oxygen atoms in total. The van der Waals surface area contributed by atoms with Crippen LogP contribution in [0.1, 0.15) is 16.1 Å². The highest BCUT2D eigenvalue weighted by Gasteiger charge is 2.16. The molecule has 0 saturated heterocycles. The molecule has 112 valence electrons. The second-order valence-electron chi connectivity index (χ2n) is 4.35. The van der Waals surface area contributed by atoms with Crippen LogP contribution in [0.5, 0.6) is 0 Å². The molecule has 1 amide bonds. The lowest BCUT2D eigenvalue weighted by atomic mass is 10.2. The Balaban J connectivity index is 2.11. The van der Waals surface area contributed by atoms with Crippen molar-refractivity contribution in [3.8, 4) is 5.82 Å². The predicted molar refractivity (Wildman–Crippen MR) is 76.2 cm³/mol. The number of hydrogen-bond acceptors (Lipinski definition) is 5. The van der Waals surface area contributed by atoms with Crippen LogP contribution in [0.15, 0.2) is 30.6 Å². The van der Waals surface area contributed by atoms with E-state index < -0.39 is 6.29 Å².